The maximum Gasteiger partial charge on any atom is 0.221 e. The van der Waals surface area contributed by atoms with Crippen LogP contribution in [-0.4, -0.2) is 43.4 Å². The van der Waals surface area contributed by atoms with E-state index in [1.807, 2.05) is 37.4 Å². The molecule has 0 aliphatic carbocycles. The second kappa shape index (κ2) is 11.1. The standard InChI is InChI=1S/C15H23N3O2.ClH/c1-13(19)18(12-14-6-4-3-5-7-14)11-8-15(20)17-10-9-16-2;/h3-7,16H,8-12H2,1-2H3,(H,17,20);1H. The maximum atomic E-state index is 11.6. The molecule has 2 amide bonds. The van der Waals surface area contributed by atoms with Crippen molar-refractivity contribution in [1.29, 1.82) is 0 Å². The Morgan fingerprint density at radius 1 is 1.14 bits per heavy atom. The minimum atomic E-state index is -0.0282. The molecule has 0 fully saturated rings. The van der Waals surface area contributed by atoms with Gasteiger partial charge in [0.05, 0.1) is 0 Å². The molecule has 0 unspecified atom stereocenters. The number of halogens is 1. The number of benzene rings is 1. The zero-order valence-electron chi connectivity index (χ0n) is 12.6. The summed E-state index contributed by atoms with van der Waals surface area (Å²) in [6.45, 7) is 3.86. The van der Waals surface area contributed by atoms with E-state index in [1.165, 1.54) is 6.92 Å². The summed E-state index contributed by atoms with van der Waals surface area (Å²) < 4.78 is 0. The van der Waals surface area contributed by atoms with Crippen molar-refractivity contribution in [2.45, 2.75) is 19.9 Å². The van der Waals surface area contributed by atoms with E-state index in [0.717, 1.165) is 12.1 Å². The minimum absolute atomic E-state index is 0. The fourth-order valence-electron chi connectivity index (χ4n) is 1.80. The summed E-state index contributed by atoms with van der Waals surface area (Å²) in [6, 6.07) is 9.78. The molecule has 1 rings (SSSR count). The summed E-state index contributed by atoms with van der Waals surface area (Å²) in [6.07, 6.45) is 0.329. The first-order valence-electron chi connectivity index (χ1n) is 6.84. The Hall–Kier alpha value is -1.59. The third-order valence-electron chi connectivity index (χ3n) is 2.97. The number of hydrogen-bond acceptors (Lipinski definition) is 3. The van der Waals surface area contributed by atoms with E-state index < -0.39 is 0 Å². The molecule has 0 atom stereocenters. The van der Waals surface area contributed by atoms with Crippen molar-refractivity contribution >= 4 is 24.2 Å². The molecule has 0 radical (unpaired) electrons. The summed E-state index contributed by atoms with van der Waals surface area (Å²) in [5.74, 6) is -0.0450. The van der Waals surface area contributed by atoms with Crippen LogP contribution in [0.15, 0.2) is 30.3 Å². The molecule has 0 saturated carbocycles. The number of amides is 2. The molecule has 118 valence electrons. The Morgan fingerprint density at radius 3 is 2.38 bits per heavy atom. The summed E-state index contributed by atoms with van der Waals surface area (Å²) in [7, 11) is 1.84. The quantitative estimate of drug-likeness (QED) is 0.709. The van der Waals surface area contributed by atoms with Crippen LogP contribution in [0.25, 0.3) is 0 Å². The molecule has 0 heterocycles. The Labute approximate surface area is 132 Å². The third kappa shape index (κ3) is 8.32. The first-order valence-corrected chi connectivity index (χ1v) is 6.84. The summed E-state index contributed by atoms with van der Waals surface area (Å²) in [5, 5.41) is 5.76. The average molecular weight is 314 g/mol. The molecule has 2 N–H and O–H groups in total. The third-order valence-corrected chi connectivity index (χ3v) is 2.97. The predicted octanol–water partition coefficient (Wildman–Crippen LogP) is 1.18. The molecule has 0 aliphatic rings. The number of hydrogen-bond donors (Lipinski definition) is 2. The highest BCUT2D eigenvalue weighted by molar-refractivity contribution is 5.85. The smallest absolute Gasteiger partial charge is 0.221 e. The van der Waals surface area contributed by atoms with Crippen LogP contribution in [0.2, 0.25) is 0 Å². The van der Waals surface area contributed by atoms with E-state index in [-0.39, 0.29) is 24.2 Å². The van der Waals surface area contributed by atoms with Gasteiger partial charge in [-0.25, -0.2) is 0 Å². The molecular weight excluding hydrogens is 290 g/mol. The van der Waals surface area contributed by atoms with Gasteiger partial charge >= 0.3 is 0 Å². The fraction of sp³-hybridized carbons (Fsp3) is 0.467. The van der Waals surface area contributed by atoms with Gasteiger partial charge in [0.1, 0.15) is 0 Å². The highest BCUT2D eigenvalue weighted by atomic mass is 35.5. The first kappa shape index (κ1) is 19.4. The van der Waals surface area contributed by atoms with E-state index in [4.69, 9.17) is 0 Å². The van der Waals surface area contributed by atoms with Crippen LogP contribution in [-0.2, 0) is 16.1 Å². The molecule has 0 saturated heterocycles. The van der Waals surface area contributed by atoms with Crippen LogP contribution in [0.4, 0.5) is 0 Å². The minimum Gasteiger partial charge on any atom is -0.355 e. The highest BCUT2D eigenvalue weighted by Gasteiger charge is 2.11. The van der Waals surface area contributed by atoms with Crippen LogP contribution < -0.4 is 10.6 Å². The van der Waals surface area contributed by atoms with E-state index >= 15 is 0 Å². The molecule has 21 heavy (non-hydrogen) atoms. The molecule has 0 aliphatic heterocycles. The van der Waals surface area contributed by atoms with Gasteiger partial charge in [-0.05, 0) is 12.6 Å². The molecule has 1 aromatic carbocycles. The number of carbonyl (C=O) groups excluding carboxylic acids is 2. The average Bonchev–Trinajstić information content (AvgIpc) is 2.44. The second-order valence-corrected chi connectivity index (χ2v) is 4.63. The van der Waals surface area contributed by atoms with Crippen LogP contribution in [0.1, 0.15) is 18.9 Å². The Kier molecular flexibility index (Phi) is 10.3. The van der Waals surface area contributed by atoms with Gasteiger partial charge in [-0.1, -0.05) is 30.3 Å². The number of nitrogens with zero attached hydrogens (tertiary/aromatic N) is 1. The Balaban J connectivity index is 0.00000400. The van der Waals surface area contributed by atoms with Crippen molar-refractivity contribution in [3.8, 4) is 0 Å². The first-order chi connectivity index (χ1) is 9.63. The van der Waals surface area contributed by atoms with Crippen molar-refractivity contribution in [2.24, 2.45) is 0 Å². The topological polar surface area (TPSA) is 61.4 Å². The molecule has 0 bridgehead atoms. The SMILES string of the molecule is CNCCNC(=O)CCN(Cc1ccccc1)C(C)=O.Cl. The van der Waals surface area contributed by atoms with Crippen LogP contribution in [0.5, 0.6) is 0 Å². The summed E-state index contributed by atoms with van der Waals surface area (Å²) >= 11 is 0. The van der Waals surface area contributed by atoms with Crippen molar-refractivity contribution in [2.75, 3.05) is 26.7 Å². The largest absolute Gasteiger partial charge is 0.355 e. The van der Waals surface area contributed by atoms with Gasteiger partial charge in [-0.15, -0.1) is 12.4 Å². The van der Waals surface area contributed by atoms with Crippen molar-refractivity contribution < 1.29 is 9.59 Å². The molecule has 0 spiro atoms. The van der Waals surface area contributed by atoms with E-state index in [9.17, 15) is 9.59 Å². The highest BCUT2D eigenvalue weighted by Crippen LogP contribution is 2.05. The predicted molar refractivity (Wildman–Crippen MR) is 86.3 cm³/mol. The van der Waals surface area contributed by atoms with Gasteiger partial charge in [0, 0.05) is 39.5 Å². The van der Waals surface area contributed by atoms with Crippen LogP contribution in [0, 0.1) is 0 Å². The van der Waals surface area contributed by atoms with Gasteiger partial charge < -0.3 is 15.5 Å². The molecular formula is C15H24ClN3O2. The number of carbonyl (C=O) groups is 2. The lowest BCUT2D eigenvalue weighted by molar-refractivity contribution is -0.130. The Bertz CT molecular complexity index is 426. The monoisotopic (exact) mass is 313 g/mol. The molecule has 6 heteroatoms. The van der Waals surface area contributed by atoms with Gasteiger partial charge in [-0.3, -0.25) is 9.59 Å². The number of nitrogens with one attached hydrogen (secondary N) is 2. The second-order valence-electron chi connectivity index (χ2n) is 4.63. The number of rotatable bonds is 8. The van der Waals surface area contributed by atoms with Crippen molar-refractivity contribution in [3.05, 3.63) is 35.9 Å². The molecule has 0 aromatic heterocycles. The lowest BCUT2D eigenvalue weighted by atomic mass is 10.2. The summed E-state index contributed by atoms with van der Waals surface area (Å²) in [5.41, 5.74) is 1.07. The van der Waals surface area contributed by atoms with E-state index in [0.29, 0.717) is 26.1 Å². The molecule has 1 aromatic rings. The van der Waals surface area contributed by atoms with E-state index in [2.05, 4.69) is 10.6 Å². The maximum absolute atomic E-state index is 11.6. The van der Waals surface area contributed by atoms with Gasteiger partial charge in [0.25, 0.3) is 0 Å². The van der Waals surface area contributed by atoms with Gasteiger partial charge in [-0.2, -0.15) is 0 Å². The van der Waals surface area contributed by atoms with Crippen molar-refractivity contribution in [3.63, 3.8) is 0 Å². The Morgan fingerprint density at radius 2 is 1.81 bits per heavy atom. The van der Waals surface area contributed by atoms with Crippen LogP contribution >= 0.6 is 12.4 Å². The van der Waals surface area contributed by atoms with Gasteiger partial charge in [0.2, 0.25) is 11.8 Å². The summed E-state index contributed by atoms with van der Waals surface area (Å²) in [4.78, 5) is 24.9. The lowest BCUT2D eigenvalue weighted by Crippen LogP contribution is -2.35. The van der Waals surface area contributed by atoms with Gasteiger partial charge in [0.15, 0.2) is 0 Å². The van der Waals surface area contributed by atoms with Crippen molar-refractivity contribution in [1.82, 2.24) is 15.5 Å². The lowest BCUT2D eigenvalue weighted by Gasteiger charge is -2.21. The zero-order chi connectivity index (χ0) is 14.8. The molecule has 5 nitrogen and oxygen atoms in total. The van der Waals surface area contributed by atoms with E-state index in [1.54, 1.807) is 4.90 Å². The van der Waals surface area contributed by atoms with Crippen LogP contribution in [0.3, 0.4) is 0 Å². The fourth-order valence-corrected chi connectivity index (χ4v) is 1.80. The zero-order valence-corrected chi connectivity index (χ0v) is 13.4. The number of likely N-dealkylation sites (N-methyl/N-ethyl adjacent to an activating group) is 1. The normalized spacial score (nSPS) is 9.62.